The number of aromatic amines is 1. The maximum atomic E-state index is 13.5. The average Bonchev–Trinajstić information content (AvgIpc) is 3.76. The van der Waals surface area contributed by atoms with Crippen molar-refractivity contribution in [3.8, 4) is 0 Å². The summed E-state index contributed by atoms with van der Waals surface area (Å²) >= 11 is 0. The smallest absolute Gasteiger partial charge is 0.386 e. The van der Waals surface area contributed by atoms with Crippen molar-refractivity contribution in [2.75, 3.05) is 31.2 Å². The quantitative estimate of drug-likeness (QED) is 0.116. The van der Waals surface area contributed by atoms with Gasteiger partial charge in [-0.05, 0) is 13.0 Å². The fourth-order valence-electron chi connectivity index (χ4n) is 5.94. The van der Waals surface area contributed by atoms with E-state index in [9.17, 15) is 28.8 Å². The molecule has 0 radical (unpaired) electrons. The molecule has 4 unspecified atom stereocenters. The maximum absolute atomic E-state index is 13.5. The maximum Gasteiger partial charge on any atom is 0.472 e. The van der Waals surface area contributed by atoms with Gasteiger partial charge in [-0.25, -0.2) is 29.1 Å². The highest BCUT2D eigenvalue weighted by Gasteiger charge is 2.54. The summed E-state index contributed by atoms with van der Waals surface area (Å²) < 4.78 is 63.0. The second kappa shape index (κ2) is 11.9. The number of ether oxygens (including phenoxy) is 2. The lowest BCUT2D eigenvalue weighted by atomic mass is 9.94. The molecule has 23 nitrogen and oxygen atoms in total. The van der Waals surface area contributed by atoms with Crippen molar-refractivity contribution in [2.24, 2.45) is 11.7 Å². The van der Waals surface area contributed by atoms with Gasteiger partial charge in [-0.15, -0.1) is 0 Å². The first-order chi connectivity index (χ1) is 22.4. The van der Waals surface area contributed by atoms with Crippen LogP contribution in [0.1, 0.15) is 18.9 Å². The van der Waals surface area contributed by atoms with Crippen molar-refractivity contribution in [1.29, 1.82) is 0 Å². The zero-order valence-corrected chi connectivity index (χ0v) is 25.7. The Balaban J connectivity index is 1.23. The molecule has 10 N–H and O–H groups in total. The molecule has 254 valence electrons. The van der Waals surface area contributed by atoms with Crippen molar-refractivity contribution in [2.45, 2.75) is 49.4 Å². The van der Waals surface area contributed by atoms with Gasteiger partial charge in [0.15, 0.2) is 35.1 Å². The number of nitrogens with zero attached hydrogens (tertiary/aromatic N) is 7. The molecule has 4 aromatic rings. The molecule has 3 aliphatic heterocycles. The van der Waals surface area contributed by atoms with Gasteiger partial charge in [0.25, 0.3) is 5.56 Å². The largest absolute Gasteiger partial charge is 0.472 e. The molecule has 3 saturated heterocycles. The molecular weight excluding hydrogens is 672 g/mol. The Bertz CT molecular complexity index is 1970. The first kappa shape index (κ1) is 32.1. The van der Waals surface area contributed by atoms with Crippen molar-refractivity contribution in [3.05, 3.63) is 29.3 Å². The Morgan fingerprint density at radius 3 is 2.26 bits per heavy atom. The Kier molecular flexibility index (Phi) is 8.14. The van der Waals surface area contributed by atoms with Crippen molar-refractivity contribution in [3.63, 3.8) is 0 Å². The van der Waals surface area contributed by atoms with Crippen LogP contribution in [-0.4, -0.2) is 104 Å². The number of aliphatic hydroxyl groups excluding tert-OH is 1. The second-order valence-corrected chi connectivity index (χ2v) is 13.7. The number of anilines is 2. The molecule has 0 aliphatic carbocycles. The van der Waals surface area contributed by atoms with Crippen LogP contribution < -0.4 is 22.8 Å². The summed E-state index contributed by atoms with van der Waals surface area (Å²) in [6.07, 6.45) is -6.07. The lowest BCUT2D eigenvalue weighted by Gasteiger charge is -2.26. The van der Waals surface area contributed by atoms with E-state index in [0.29, 0.717) is 0 Å². The summed E-state index contributed by atoms with van der Waals surface area (Å²) in [7, 11) is -10.0. The number of nitrogens with two attached hydrogens (primary N) is 3. The minimum absolute atomic E-state index is 0.0369. The summed E-state index contributed by atoms with van der Waals surface area (Å²) in [6.45, 7) is -1.34. The zero-order valence-electron chi connectivity index (χ0n) is 24.0. The van der Waals surface area contributed by atoms with Crippen LogP contribution >= 0.6 is 15.6 Å². The molecule has 10 atom stereocenters. The van der Waals surface area contributed by atoms with E-state index in [1.165, 1.54) is 21.8 Å². The number of nitrogens with one attached hydrogen (secondary N) is 1. The van der Waals surface area contributed by atoms with Crippen molar-refractivity contribution in [1.82, 2.24) is 39.0 Å². The van der Waals surface area contributed by atoms with Gasteiger partial charge in [-0.3, -0.25) is 37.0 Å². The Morgan fingerprint density at radius 2 is 1.53 bits per heavy atom. The van der Waals surface area contributed by atoms with E-state index < -0.39 is 83.3 Å². The van der Waals surface area contributed by atoms with Gasteiger partial charge < -0.3 is 41.6 Å². The number of imidazole rings is 2. The minimum Gasteiger partial charge on any atom is -0.386 e. The predicted molar refractivity (Wildman–Crippen MR) is 155 cm³/mol. The third kappa shape index (κ3) is 5.83. The number of phosphoric acid groups is 2. The van der Waals surface area contributed by atoms with Gasteiger partial charge in [0.1, 0.15) is 36.3 Å². The van der Waals surface area contributed by atoms with E-state index in [0.717, 1.165) is 6.33 Å². The normalized spacial score (nSPS) is 36.6. The van der Waals surface area contributed by atoms with Crippen LogP contribution in [0.15, 0.2) is 23.8 Å². The molecule has 25 heteroatoms. The fraction of sp³-hybridized carbons (Fsp3) is 0.545. The number of rotatable bonds is 4. The number of H-pyrrole nitrogens is 1. The van der Waals surface area contributed by atoms with Gasteiger partial charge in [0.05, 0.1) is 32.0 Å². The molecule has 3 aliphatic rings. The van der Waals surface area contributed by atoms with Crippen LogP contribution in [-0.2, 0) is 36.7 Å². The van der Waals surface area contributed by atoms with Crippen LogP contribution in [0.3, 0.4) is 0 Å². The van der Waals surface area contributed by atoms with E-state index in [1.807, 2.05) is 0 Å². The Hall–Kier alpha value is -3.44. The van der Waals surface area contributed by atoms with E-state index in [4.69, 9.17) is 44.8 Å². The summed E-state index contributed by atoms with van der Waals surface area (Å²) in [5, 5.41) is 11.2. The van der Waals surface area contributed by atoms with Crippen LogP contribution in [0.5, 0.6) is 0 Å². The number of aliphatic hydroxyl groups is 1. The van der Waals surface area contributed by atoms with Gasteiger partial charge in [-0.1, -0.05) is 0 Å². The van der Waals surface area contributed by atoms with Crippen molar-refractivity contribution < 1.29 is 51.6 Å². The number of nitrogen functional groups attached to an aromatic ring is 2. The van der Waals surface area contributed by atoms with Gasteiger partial charge in [0.2, 0.25) is 5.95 Å². The number of hydrogen-bond acceptors (Lipinski definition) is 18. The lowest BCUT2D eigenvalue weighted by Crippen LogP contribution is -2.36. The van der Waals surface area contributed by atoms with Gasteiger partial charge >= 0.3 is 15.6 Å². The van der Waals surface area contributed by atoms with E-state index >= 15 is 0 Å². The summed E-state index contributed by atoms with van der Waals surface area (Å²) in [5.41, 5.74) is 17.0. The molecule has 0 spiro atoms. The van der Waals surface area contributed by atoms with Crippen LogP contribution in [0.2, 0.25) is 0 Å². The summed E-state index contributed by atoms with van der Waals surface area (Å²) in [6, 6.07) is 0. The van der Waals surface area contributed by atoms with E-state index in [-0.39, 0.29) is 47.1 Å². The highest BCUT2D eigenvalue weighted by molar-refractivity contribution is 7.47. The van der Waals surface area contributed by atoms with Crippen LogP contribution in [0.25, 0.3) is 22.3 Å². The van der Waals surface area contributed by atoms with Crippen LogP contribution in [0.4, 0.5) is 11.8 Å². The number of phosphoric ester groups is 2. The summed E-state index contributed by atoms with van der Waals surface area (Å²) in [5.74, 6) is -1.02. The standard InChI is InChI=1S/C22H29N11O12P2/c23-2-1-8-9-3-40-47(38,39)45-15-10(43-20(13(15)34)32-6-28-11-16(24)26-5-27-17(11)32)4-41-46(36,37)44-14(8)21(42-9)33-7-29-12-18(33)30-22(25)31-19(12)35/h5-10,13-15,20-21,34H,1-4,23H2,(H,36,37)(H,38,39)(H2,24,26,27)(H3,25,30,31,35)/t8-,9+,10+,13?,14?,15-,20+,21+/m0/s1. The summed E-state index contributed by atoms with van der Waals surface area (Å²) in [4.78, 5) is 56.7. The zero-order chi connectivity index (χ0) is 33.2. The van der Waals surface area contributed by atoms with Crippen molar-refractivity contribution >= 4 is 49.7 Å². The molecule has 0 amide bonds. The fourth-order valence-corrected chi connectivity index (χ4v) is 7.87. The molecule has 7 rings (SSSR count). The third-order valence-electron chi connectivity index (χ3n) is 8.00. The molecule has 4 aromatic heterocycles. The first-order valence-corrected chi connectivity index (χ1v) is 17.0. The third-order valence-corrected chi connectivity index (χ3v) is 9.97. The molecular formula is C22H29N11O12P2. The number of fused-ring (bicyclic) bond motifs is 5. The minimum atomic E-state index is -5.02. The second-order valence-electron chi connectivity index (χ2n) is 10.9. The van der Waals surface area contributed by atoms with E-state index in [2.05, 4.69) is 29.9 Å². The Morgan fingerprint density at radius 1 is 0.894 bits per heavy atom. The Labute approximate surface area is 262 Å². The molecule has 0 aromatic carbocycles. The highest BCUT2D eigenvalue weighted by atomic mass is 31.2. The molecule has 3 fully saturated rings. The SMILES string of the molecule is NCC[C@@H]1C2OP(=O)(O)OC[C@H]3O[C@@H](n4cnc5c(N)ncnc54)C(O)[C@H]3OP(=O)(O)OC[C@H]1O[C@H]2n1cnc2c(=O)[nH]c(N)nc21. The topological polar surface area (TPSA) is 335 Å². The molecule has 0 saturated carbocycles. The predicted octanol–water partition coefficient (Wildman–Crippen LogP) is -1.74. The van der Waals surface area contributed by atoms with Gasteiger partial charge in [-0.2, -0.15) is 4.98 Å². The lowest BCUT2D eigenvalue weighted by molar-refractivity contribution is -0.0671. The average molecular weight is 701 g/mol. The first-order valence-electron chi connectivity index (χ1n) is 14.0. The number of aromatic nitrogens is 8. The molecule has 2 bridgehead atoms. The van der Waals surface area contributed by atoms with Crippen LogP contribution in [0, 0.1) is 5.92 Å². The highest BCUT2D eigenvalue weighted by Crippen LogP contribution is 2.55. The van der Waals surface area contributed by atoms with Gasteiger partial charge in [0, 0.05) is 5.92 Å². The monoisotopic (exact) mass is 701 g/mol. The molecule has 7 heterocycles. The van der Waals surface area contributed by atoms with E-state index in [1.54, 1.807) is 0 Å². The molecule has 47 heavy (non-hydrogen) atoms. The number of hydrogen-bond donors (Lipinski definition) is 7.